The van der Waals surface area contributed by atoms with Gasteiger partial charge < -0.3 is 20.1 Å². The highest BCUT2D eigenvalue weighted by Gasteiger charge is 2.15. The first-order valence-electron chi connectivity index (χ1n) is 9.63. The molecule has 30 heavy (non-hydrogen) atoms. The molecule has 0 fully saturated rings. The number of anilines is 1. The van der Waals surface area contributed by atoms with Gasteiger partial charge in [-0.05, 0) is 25.6 Å². The van der Waals surface area contributed by atoms with Crippen LogP contribution in [0.4, 0.5) is 5.82 Å². The molecule has 0 atom stereocenters. The van der Waals surface area contributed by atoms with Gasteiger partial charge in [-0.1, -0.05) is 29.4 Å². The van der Waals surface area contributed by atoms with Crippen LogP contribution in [-0.4, -0.2) is 26.7 Å². The lowest BCUT2D eigenvalue weighted by molar-refractivity contribution is 0.434. The first-order valence-corrected chi connectivity index (χ1v) is 9.63. The summed E-state index contributed by atoms with van der Waals surface area (Å²) in [6, 6.07) is 13.1. The van der Waals surface area contributed by atoms with E-state index >= 15 is 0 Å². The average Bonchev–Trinajstić information content (AvgIpc) is 3.25. The van der Waals surface area contributed by atoms with Crippen molar-refractivity contribution in [1.82, 2.24) is 25.0 Å². The van der Waals surface area contributed by atoms with Gasteiger partial charge in [-0.3, -0.25) is 4.79 Å². The fourth-order valence-corrected chi connectivity index (χ4v) is 3.17. The second-order valence-electron chi connectivity index (χ2n) is 6.83. The molecule has 4 rings (SSSR count). The molecule has 8 nitrogen and oxygen atoms in total. The van der Waals surface area contributed by atoms with Gasteiger partial charge in [-0.25, -0.2) is 9.97 Å². The van der Waals surface area contributed by atoms with Gasteiger partial charge in [0.15, 0.2) is 17.3 Å². The summed E-state index contributed by atoms with van der Waals surface area (Å²) in [5, 5.41) is 7.28. The van der Waals surface area contributed by atoms with Gasteiger partial charge in [-0.15, -0.1) is 0 Å². The van der Waals surface area contributed by atoms with E-state index in [0.29, 0.717) is 29.4 Å². The molecule has 152 valence electrons. The van der Waals surface area contributed by atoms with Crippen LogP contribution in [0.5, 0.6) is 0 Å². The molecule has 0 saturated heterocycles. The zero-order valence-electron chi connectivity index (χ0n) is 16.8. The number of nitrogens with zero attached hydrogens (tertiary/aromatic N) is 4. The summed E-state index contributed by atoms with van der Waals surface area (Å²) < 4.78 is 7.13. The van der Waals surface area contributed by atoms with Crippen LogP contribution in [0.1, 0.15) is 12.5 Å². The minimum Gasteiger partial charge on any atom is -0.382 e. The number of nitrogen functional groups attached to an aromatic ring is 1. The van der Waals surface area contributed by atoms with Crippen molar-refractivity contribution >= 4 is 5.82 Å². The van der Waals surface area contributed by atoms with Crippen LogP contribution in [0.25, 0.3) is 34.0 Å². The average molecular weight is 402 g/mol. The zero-order valence-corrected chi connectivity index (χ0v) is 16.8. The monoisotopic (exact) mass is 402 g/mol. The molecule has 0 spiro atoms. The fraction of sp³-hybridized carbons (Fsp3) is 0.182. The molecule has 0 aliphatic heterocycles. The van der Waals surface area contributed by atoms with Crippen LogP contribution in [0.2, 0.25) is 0 Å². The Balaban J connectivity index is 1.68. The molecular formula is C22H22N6O2. The summed E-state index contributed by atoms with van der Waals surface area (Å²) in [6.07, 6.45) is 3.33. The molecule has 0 saturated carbocycles. The highest BCUT2D eigenvalue weighted by molar-refractivity contribution is 5.72. The van der Waals surface area contributed by atoms with Crippen LogP contribution >= 0.6 is 0 Å². The number of hydrogen-bond acceptors (Lipinski definition) is 7. The minimum atomic E-state index is -0.0644. The molecule has 3 heterocycles. The van der Waals surface area contributed by atoms with E-state index in [1.165, 1.54) is 11.6 Å². The number of hydrogen-bond donors (Lipinski definition) is 2. The lowest BCUT2D eigenvalue weighted by Gasteiger charge is -2.07. The third-order valence-electron chi connectivity index (χ3n) is 4.79. The van der Waals surface area contributed by atoms with Gasteiger partial charge in [-0.2, -0.15) is 0 Å². The Bertz CT molecular complexity index is 1230. The van der Waals surface area contributed by atoms with Crippen molar-refractivity contribution in [2.45, 2.75) is 20.0 Å². The normalized spacial score (nSPS) is 11.0. The van der Waals surface area contributed by atoms with E-state index in [0.717, 1.165) is 17.7 Å². The number of aryl methyl sites for hydroxylation is 1. The molecule has 4 aromatic rings. The van der Waals surface area contributed by atoms with E-state index < -0.39 is 0 Å². The van der Waals surface area contributed by atoms with E-state index in [9.17, 15) is 4.79 Å². The molecule has 3 aromatic heterocycles. The maximum atomic E-state index is 11.9. The number of rotatable bonds is 6. The van der Waals surface area contributed by atoms with Crippen LogP contribution in [-0.2, 0) is 13.1 Å². The van der Waals surface area contributed by atoms with Crippen molar-refractivity contribution < 1.29 is 4.52 Å². The second-order valence-corrected chi connectivity index (χ2v) is 6.83. The Hall–Kier alpha value is -3.78. The Morgan fingerprint density at radius 1 is 1.10 bits per heavy atom. The Kier molecular flexibility index (Phi) is 5.40. The standard InChI is InChI=1S/C22H22N6O2/c1-3-28-13-16(8-9-20(28)29)18-12-25-22(23)21(26-18)19-10-17(27-30-19)15-6-4-14(5-7-15)11-24-2/h4-10,12-13,24H,3,11H2,1-2H3,(H2,23,25). The lowest BCUT2D eigenvalue weighted by Crippen LogP contribution is -2.17. The summed E-state index contributed by atoms with van der Waals surface area (Å²) in [7, 11) is 1.91. The van der Waals surface area contributed by atoms with Gasteiger partial charge in [0.1, 0.15) is 5.69 Å². The maximum Gasteiger partial charge on any atom is 0.250 e. The van der Waals surface area contributed by atoms with Crippen molar-refractivity contribution in [2.24, 2.45) is 0 Å². The first-order chi connectivity index (χ1) is 14.6. The number of pyridine rings is 1. The minimum absolute atomic E-state index is 0.0644. The summed E-state index contributed by atoms with van der Waals surface area (Å²) in [5.41, 5.74) is 10.6. The Morgan fingerprint density at radius 2 is 1.87 bits per heavy atom. The van der Waals surface area contributed by atoms with Gasteiger partial charge >= 0.3 is 0 Å². The molecule has 1 aromatic carbocycles. The Morgan fingerprint density at radius 3 is 2.60 bits per heavy atom. The van der Waals surface area contributed by atoms with Gasteiger partial charge in [0.05, 0.1) is 11.9 Å². The van der Waals surface area contributed by atoms with E-state index in [-0.39, 0.29) is 11.4 Å². The molecule has 0 aliphatic carbocycles. The zero-order chi connectivity index (χ0) is 21.1. The topological polar surface area (TPSA) is 112 Å². The third-order valence-corrected chi connectivity index (χ3v) is 4.79. The molecule has 0 aliphatic rings. The van der Waals surface area contributed by atoms with Crippen molar-refractivity contribution in [2.75, 3.05) is 12.8 Å². The molecule has 0 unspecified atom stereocenters. The summed E-state index contributed by atoms with van der Waals surface area (Å²) >= 11 is 0. The van der Waals surface area contributed by atoms with Crippen LogP contribution in [0.3, 0.4) is 0 Å². The fourth-order valence-electron chi connectivity index (χ4n) is 3.17. The van der Waals surface area contributed by atoms with Gasteiger partial charge in [0, 0.05) is 42.5 Å². The summed E-state index contributed by atoms with van der Waals surface area (Å²) in [4.78, 5) is 20.7. The van der Waals surface area contributed by atoms with E-state index in [1.54, 1.807) is 29.1 Å². The number of nitrogens with one attached hydrogen (secondary N) is 1. The maximum absolute atomic E-state index is 11.9. The second kappa shape index (κ2) is 8.30. The molecule has 3 N–H and O–H groups in total. The van der Waals surface area contributed by atoms with Gasteiger partial charge in [0.25, 0.3) is 5.56 Å². The number of aromatic nitrogens is 4. The largest absolute Gasteiger partial charge is 0.382 e. The van der Waals surface area contributed by atoms with E-state index in [1.807, 2.05) is 38.2 Å². The smallest absolute Gasteiger partial charge is 0.250 e. The Labute approximate surface area is 173 Å². The third kappa shape index (κ3) is 3.85. The predicted octanol–water partition coefficient (Wildman–Crippen LogP) is 2.95. The van der Waals surface area contributed by atoms with Crippen LogP contribution in [0.15, 0.2) is 64.2 Å². The van der Waals surface area contributed by atoms with Gasteiger partial charge in [0.2, 0.25) is 0 Å². The SMILES string of the molecule is CCn1cc(-c2cnc(N)c(-c3cc(-c4ccc(CNC)cc4)no3)n2)ccc1=O. The number of nitrogens with two attached hydrogens (primary N) is 1. The molecule has 0 bridgehead atoms. The van der Waals surface area contributed by atoms with Crippen molar-refractivity contribution in [3.63, 3.8) is 0 Å². The van der Waals surface area contributed by atoms with Crippen molar-refractivity contribution in [3.8, 4) is 34.0 Å². The summed E-state index contributed by atoms with van der Waals surface area (Å²) in [5.74, 6) is 0.676. The van der Waals surface area contributed by atoms with Crippen molar-refractivity contribution in [3.05, 3.63) is 70.8 Å². The molecule has 0 amide bonds. The highest BCUT2D eigenvalue weighted by atomic mass is 16.5. The number of benzene rings is 1. The molecule has 8 heteroatoms. The van der Waals surface area contributed by atoms with E-state index in [4.69, 9.17) is 10.3 Å². The van der Waals surface area contributed by atoms with Crippen LogP contribution in [0, 0.1) is 0 Å². The first kappa shape index (κ1) is 19.5. The van der Waals surface area contributed by atoms with Crippen LogP contribution < -0.4 is 16.6 Å². The summed E-state index contributed by atoms with van der Waals surface area (Å²) in [6.45, 7) is 3.28. The lowest BCUT2D eigenvalue weighted by atomic mass is 10.1. The quantitative estimate of drug-likeness (QED) is 0.510. The van der Waals surface area contributed by atoms with Crippen molar-refractivity contribution in [1.29, 1.82) is 0 Å². The van der Waals surface area contributed by atoms with E-state index in [2.05, 4.69) is 20.4 Å². The highest BCUT2D eigenvalue weighted by Crippen LogP contribution is 2.29. The predicted molar refractivity (Wildman–Crippen MR) is 116 cm³/mol. The molecular weight excluding hydrogens is 380 g/mol. The molecule has 0 radical (unpaired) electrons.